The van der Waals surface area contributed by atoms with Crippen molar-refractivity contribution in [3.63, 3.8) is 0 Å². The molecule has 1 aromatic carbocycles. The van der Waals surface area contributed by atoms with Crippen molar-refractivity contribution in [3.05, 3.63) is 59.5 Å². The highest BCUT2D eigenvalue weighted by Crippen LogP contribution is 2.36. The van der Waals surface area contributed by atoms with Crippen LogP contribution in [-0.2, 0) is 17.5 Å². The van der Waals surface area contributed by atoms with E-state index in [1.165, 1.54) is 18.4 Å². The summed E-state index contributed by atoms with van der Waals surface area (Å²) >= 11 is 0. The van der Waals surface area contributed by atoms with Crippen LogP contribution in [0.1, 0.15) is 42.7 Å². The molecule has 1 N–H and O–H groups in total. The number of carbonyl (C=O) groups is 1. The van der Waals surface area contributed by atoms with Crippen molar-refractivity contribution in [2.45, 2.75) is 44.6 Å². The highest BCUT2D eigenvalue weighted by Gasteiger charge is 2.35. The van der Waals surface area contributed by atoms with Crippen molar-refractivity contribution in [2.75, 3.05) is 6.54 Å². The standard InChI is InChI=1S/C19H21F3N2O2/c1-13(14-4-2-5-15(10-14)19(20,21)22)24(16-7-8-16)12-18(25)23-11-17-6-3-9-26-17/h2-6,9-10,13,16H,7-8,11-12H2,1H3,(H,23,25). The van der Waals surface area contributed by atoms with E-state index >= 15 is 0 Å². The lowest BCUT2D eigenvalue weighted by atomic mass is 10.0. The maximum atomic E-state index is 13.0. The van der Waals surface area contributed by atoms with E-state index < -0.39 is 11.7 Å². The van der Waals surface area contributed by atoms with E-state index in [1.54, 1.807) is 18.2 Å². The van der Waals surface area contributed by atoms with Crippen molar-refractivity contribution in [1.29, 1.82) is 0 Å². The third-order valence-corrected chi connectivity index (χ3v) is 4.58. The Labute approximate surface area is 150 Å². The molecule has 1 fully saturated rings. The number of nitrogens with zero attached hydrogens (tertiary/aromatic N) is 1. The normalized spacial score (nSPS) is 15.9. The quantitative estimate of drug-likeness (QED) is 0.801. The predicted octanol–water partition coefficient (Wildman–Crippen LogP) is 4.14. The van der Waals surface area contributed by atoms with Crippen molar-refractivity contribution in [1.82, 2.24) is 10.2 Å². The third-order valence-electron chi connectivity index (χ3n) is 4.58. The smallest absolute Gasteiger partial charge is 0.416 e. The first-order valence-electron chi connectivity index (χ1n) is 8.56. The van der Waals surface area contributed by atoms with Crippen LogP contribution in [0.15, 0.2) is 47.1 Å². The topological polar surface area (TPSA) is 45.5 Å². The van der Waals surface area contributed by atoms with Crippen LogP contribution in [0.5, 0.6) is 0 Å². The highest BCUT2D eigenvalue weighted by atomic mass is 19.4. The molecule has 1 unspecified atom stereocenters. The van der Waals surface area contributed by atoms with Gasteiger partial charge in [-0.1, -0.05) is 12.1 Å². The Morgan fingerprint density at radius 3 is 2.69 bits per heavy atom. The van der Waals surface area contributed by atoms with Gasteiger partial charge in [0.05, 0.1) is 24.9 Å². The molecule has 1 aliphatic rings. The molecule has 140 valence electrons. The zero-order valence-corrected chi connectivity index (χ0v) is 14.4. The van der Waals surface area contributed by atoms with Crippen LogP contribution >= 0.6 is 0 Å². The Bertz CT molecular complexity index is 739. The van der Waals surface area contributed by atoms with Crippen LogP contribution in [0, 0.1) is 0 Å². The molecule has 0 saturated heterocycles. The van der Waals surface area contributed by atoms with Gasteiger partial charge >= 0.3 is 6.18 Å². The fraction of sp³-hybridized carbons (Fsp3) is 0.421. The number of nitrogens with one attached hydrogen (secondary N) is 1. The summed E-state index contributed by atoms with van der Waals surface area (Å²) in [5.41, 5.74) is -0.106. The molecule has 0 bridgehead atoms. The number of carbonyl (C=O) groups excluding carboxylic acids is 1. The minimum absolute atomic E-state index is 0.142. The largest absolute Gasteiger partial charge is 0.467 e. The maximum absolute atomic E-state index is 13.0. The van der Waals surface area contributed by atoms with E-state index in [4.69, 9.17) is 4.42 Å². The number of rotatable bonds is 7. The van der Waals surface area contributed by atoms with Gasteiger partial charge in [0, 0.05) is 12.1 Å². The third kappa shape index (κ3) is 4.66. The molecule has 1 aliphatic carbocycles. The van der Waals surface area contributed by atoms with Gasteiger partial charge in [-0.3, -0.25) is 9.69 Å². The molecule has 0 aliphatic heterocycles. The number of halogens is 3. The molecule has 0 radical (unpaired) electrons. The molecule has 4 nitrogen and oxygen atoms in total. The second-order valence-corrected chi connectivity index (χ2v) is 6.56. The molecule has 0 spiro atoms. The Morgan fingerprint density at radius 2 is 2.08 bits per heavy atom. The van der Waals surface area contributed by atoms with Gasteiger partial charge < -0.3 is 9.73 Å². The first kappa shape index (κ1) is 18.5. The van der Waals surface area contributed by atoms with Crippen molar-refractivity contribution < 1.29 is 22.4 Å². The minimum Gasteiger partial charge on any atom is -0.467 e. The number of alkyl halides is 3. The van der Waals surface area contributed by atoms with E-state index in [-0.39, 0.29) is 24.5 Å². The Balaban J connectivity index is 1.66. The molecule has 1 heterocycles. The summed E-state index contributed by atoms with van der Waals surface area (Å²) in [5, 5.41) is 2.79. The maximum Gasteiger partial charge on any atom is 0.416 e. The van der Waals surface area contributed by atoms with E-state index in [9.17, 15) is 18.0 Å². The lowest BCUT2D eigenvalue weighted by molar-refractivity contribution is -0.137. The predicted molar refractivity (Wildman–Crippen MR) is 90.1 cm³/mol. The van der Waals surface area contributed by atoms with Crippen molar-refractivity contribution >= 4 is 5.91 Å². The lowest BCUT2D eigenvalue weighted by Crippen LogP contribution is -2.39. The average molecular weight is 366 g/mol. The van der Waals surface area contributed by atoms with E-state index in [1.807, 2.05) is 11.8 Å². The Kier molecular flexibility index (Phi) is 5.36. The summed E-state index contributed by atoms with van der Waals surface area (Å²) in [6.45, 7) is 2.28. The van der Waals surface area contributed by atoms with Crippen molar-refractivity contribution in [2.24, 2.45) is 0 Å². The fourth-order valence-electron chi connectivity index (χ4n) is 2.98. The van der Waals surface area contributed by atoms with E-state index in [2.05, 4.69) is 5.32 Å². The van der Waals surface area contributed by atoms with Crippen LogP contribution in [0.2, 0.25) is 0 Å². The number of benzene rings is 1. The van der Waals surface area contributed by atoms with E-state index in [0.29, 0.717) is 17.9 Å². The Hall–Kier alpha value is -2.28. The number of amides is 1. The molecule has 26 heavy (non-hydrogen) atoms. The van der Waals surface area contributed by atoms with Crippen LogP contribution in [0.25, 0.3) is 0 Å². The van der Waals surface area contributed by atoms with Crippen LogP contribution in [0.3, 0.4) is 0 Å². The molecule has 1 aromatic heterocycles. The van der Waals surface area contributed by atoms with Gasteiger partial charge in [-0.05, 0) is 49.6 Å². The van der Waals surface area contributed by atoms with Gasteiger partial charge in [-0.15, -0.1) is 0 Å². The highest BCUT2D eigenvalue weighted by molar-refractivity contribution is 5.78. The molecular formula is C19H21F3N2O2. The molecule has 7 heteroatoms. The van der Waals surface area contributed by atoms with Gasteiger partial charge in [-0.25, -0.2) is 0 Å². The van der Waals surface area contributed by atoms with Gasteiger partial charge in [0.1, 0.15) is 5.76 Å². The zero-order valence-electron chi connectivity index (χ0n) is 14.4. The molecule has 3 rings (SSSR count). The van der Waals surface area contributed by atoms with E-state index in [0.717, 1.165) is 18.9 Å². The first-order chi connectivity index (χ1) is 12.3. The number of hydrogen-bond donors (Lipinski definition) is 1. The number of furan rings is 1. The van der Waals surface area contributed by atoms with Gasteiger partial charge in [0.15, 0.2) is 0 Å². The zero-order chi connectivity index (χ0) is 18.7. The SMILES string of the molecule is CC(c1cccc(C(F)(F)F)c1)N(CC(=O)NCc1ccco1)C1CC1. The van der Waals surface area contributed by atoms with Crippen LogP contribution in [-0.4, -0.2) is 23.4 Å². The molecule has 2 aromatic rings. The Morgan fingerprint density at radius 1 is 1.31 bits per heavy atom. The number of hydrogen-bond acceptors (Lipinski definition) is 3. The van der Waals surface area contributed by atoms with Gasteiger partial charge in [0.25, 0.3) is 0 Å². The molecular weight excluding hydrogens is 345 g/mol. The average Bonchev–Trinajstić information content (AvgIpc) is 3.31. The van der Waals surface area contributed by atoms with Gasteiger partial charge in [-0.2, -0.15) is 13.2 Å². The van der Waals surface area contributed by atoms with Crippen LogP contribution in [0.4, 0.5) is 13.2 Å². The summed E-state index contributed by atoms with van der Waals surface area (Å²) in [7, 11) is 0. The summed E-state index contributed by atoms with van der Waals surface area (Å²) in [6.07, 6.45) is -0.933. The molecule has 1 amide bonds. The van der Waals surface area contributed by atoms with Crippen LogP contribution < -0.4 is 5.32 Å². The minimum atomic E-state index is -4.37. The summed E-state index contributed by atoms with van der Waals surface area (Å²) < 4.78 is 44.1. The lowest BCUT2D eigenvalue weighted by Gasteiger charge is -2.29. The summed E-state index contributed by atoms with van der Waals surface area (Å²) in [5.74, 6) is 0.481. The first-order valence-corrected chi connectivity index (χ1v) is 8.56. The van der Waals surface area contributed by atoms with Gasteiger partial charge in [0.2, 0.25) is 5.91 Å². The monoisotopic (exact) mass is 366 g/mol. The van der Waals surface area contributed by atoms with Crippen molar-refractivity contribution in [3.8, 4) is 0 Å². The summed E-state index contributed by atoms with van der Waals surface area (Å²) in [4.78, 5) is 14.2. The molecule has 1 atom stereocenters. The second kappa shape index (κ2) is 7.53. The summed E-state index contributed by atoms with van der Waals surface area (Å²) in [6, 6.07) is 8.78. The molecule has 1 saturated carbocycles. The second-order valence-electron chi connectivity index (χ2n) is 6.56. The fourth-order valence-corrected chi connectivity index (χ4v) is 2.98.